The fourth-order valence-electron chi connectivity index (χ4n) is 2.57. The van der Waals surface area contributed by atoms with Gasteiger partial charge in [-0.05, 0) is 81.1 Å². The zero-order valence-electron chi connectivity index (χ0n) is 16.7. The van der Waals surface area contributed by atoms with E-state index in [4.69, 9.17) is 25.4 Å². The van der Waals surface area contributed by atoms with Crippen LogP contribution in [-0.4, -0.2) is 31.6 Å². The van der Waals surface area contributed by atoms with Crippen molar-refractivity contribution < 1.29 is 19.0 Å². The number of benzene rings is 2. The minimum absolute atomic E-state index is 0. The molecule has 0 saturated carbocycles. The van der Waals surface area contributed by atoms with E-state index in [1.54, 1.807) is 43.3 Å². The topological polar surface area (TPSA) is 94.6 Å². The number of nitrogen functional groups attached to an aromatic ring is 1. The number of nitrogens with two attached hydrogens (primary N) is 1. The molecule has 2 aromatic carbocycles. The van der Waals surface area contributed by atoms with E-state index in [0.717, 1.165) is 37.2 Å². The highest BCUT2D eigenvalue weighted by molar-refractivity contribution is 5.95. The molecule has 158 valence electrons. The molecule has 2 aromatic rings. The summed E-state index contributed by atoms with van der Waals surface area (Å²) in [5.41, 5.74) is 6.65. The maximum Gasteiger partial charge on any atom is 0.338 e. The molecule has 0 aliphatic heterocycles. The van der Waals surface area contributed by atoms with Gasteiger partial charge in [0.1, 0.15) is 17.3 Å². The van der Waals surface area contributed by atoms with Gasteiger partial charge in [0.25, 0.3) is 0 Å². The Balaban J connectivity index is 0.00000420. The lowest BCUT2D eigenvalue weighted by molar-refractivity contribution is 0.0526. The standard InChI is InChI=1S/C22H28N2O4.ClH/c1-2-26-22(25)18-9-13-20(14-10-18)28-16-6-4-3-5-15-27-19-11-7-17(8-12-19)21(23)24;/h7-14H,2-6,15-16H2,1H3,(H3,23,24);1H. The second kappa shape index (κ2) is 13.4. The summed E-state index contributed by atoms with van der Waals surface area (Å²) >= 11 is 0. The average molecular weight is 421 g/mol. The van der Waals surface area contributed by atoms with Gasteiger partial charge >= 0.3 is 5.97 Å². The van der Waals surface area contributed by atoms with Crippen LogP contribution in [0, 0.1) is 5.41 Å². The minimum atomic E-state index is -0.314. The third kappa shape index (κ3) is 8.87. The Hall–Kier alpha value is -2.73. The van der Waals surface area contributed by atoms with Gasteiger partial charge in [-0.25, -0.2) is 4.79 Å². The van der Waals surface area contributed by atoms with Crippen LogP contribution in [0.25, 0.3) is 0 Å². The maximum absolute atomic E-state index is 11.6. The van der Waals surface area contributed by atoms with Gasteiger partial charge in [0.05, 0.1) is 25.4 Å². The van der Waals surface area contributed by atoms with Gasteiger partial charge in [-0.3, -0.25) is 5.41 Å². The summed E-state index contributed by atoms with van der Waals surface area (Å²) in [6, 6.07) is 14.2. The van der Waals surface area contributed by atoms with Crippen molar-refractivity contribution in [2.75, 3.05) is 19.8 Å². The van der Waals surface area contributed by atoms with Crippen LogP contribution in [0.1, 0.15) is 48.5 Å². The number of carbonyl (C=O) groups is 1. The predicted molar refractivity (Wildman–Crippen MR) is 117 cm³/mol. The number of carbonyl (C=O) groups excluding carboxylic acids is 1. The summed E-state index contributed by atoms with van der Waals surface area (Å²) in [5.74, 6) is 1.29. The van der Waals surface area contributed by atoms with Gasteiger partial charge in [0, 0.05) is 5.56 Å². The highest BCUT2D eigenvalue weighted by atomic mass is 35.5. The molecule has 0 aliphatic rings. The molecule has 0 amide bonds. The molecule has 2 rings (SSSR count). The Labute approximate surface area is 178 Å². The number of ether oxygens (including phenoxy) is 3. The van der Waals surface area contributed by atoms with Crippen molar-refractivity contribution in [3.63, 3.8) is 0 Å². The molecule has 0 heterocycles. The highest BCUT2D eigenvalue weighted by Crippen LogP contribution is 2.15. The summed E-state index contributed by atoms with van der Waals surface area (Å²) < 4.78 is 16.3. The third-order valence-corrected chi connectivity index (χ3v) is 4.11. The Bertz CT molecular complexity index is 748. The first-order valence-corrected chi connectivity index (χ1v) is 9.57. The van der Waals surface area contributed by atoms with Gasteiger partial charge < -0.3 is 19.9 Å². The van der Waals surface area contributed by atoms with Crippen LogP contribution < -0.4 is 15.2 Å². The summed E-state index contributed by atoms with van der Waals surface area (Å²) in [6.45, 7) is 3.46. The van der Waals surface area contributed by atoms with Gasteiger partial charge in [0.15, 0.2) is 0 Å². The first kappa shape index (κ1) is 24.3. The number of esters is 1. The smallest absolute Gasteiger partial charge is 0.338 e. The van der Waals surface area contributed by atoms with Crippen molar-refractivity contribution in [3.05, 3.63) is 59.7 Å². The molecular formula is C22H29ClN2O4. The predicted octanol–water partition coefficient (Wildman–Crippen LogP) is 4.59. The van der Waals surface area contributed by atoms with Crippen LogP contribution in [0.5, 0.6) is 11.5 Å². The molecule has 0 spiro atoms. The molecule has 0 aliphatic carbocycles. The van der Waals surface area contributed by atoms with E-state index in [9.17, 15) is 4.79 Å². The first-order valence-electron chi connectivity index (χ1n) is 9.57. The number of nitrogens with one attached hydrogen (secondary N) is 1. The van der Waals surface area contributed by atoms with E-state index >= 15 is 0 Å². The Morgan fingerprint density at radius 3 is 1.69 bits per heavy atom. The van der Waals surface area contributed by atoms with Crippen LogP contribution in [0.2, 0.25) is 0 Å². The second-order valence-electron chi connectivity index (χ2n) is 6.29. The lowest BCUT2D eigenvalue weighted by atomic mass is 10.2. The SMILES string of the molecule is CCOC(=O)c1ccc(OCCCCCCOc2ccc(C(=N)N)cc2)cc1.Cl. The van der Waals surface area contributed by atoms with Crippen LogP contribution in [0.3, 0.4) is 0 Å². The quantitative estimate of drug-likeness (QED) is 0.226. The van der Waals surface area contributed by atoms with Crippen LogP contribution in [-0.2, 0) is 4.74 Å². The Morgan fingerprint density at radius 2 is 1.28 bits per heavy atom. The molecule has 29 heavy (non-hydrogen) atoms. The molecule has 3 N–H and O–H groups in total. The number of halogens is 1. The van der Waals surface area contributed by atoms with E-state index in [0.29, 0.717) is 30.9 Å². The fourth-order valence-corrected chi connectivity index (χ4v) is 2.57. The van der Waals surface area contributed by atoms with Crippen LogP contribution >= 0.6 is 12.4 Å². The summed E-state index contributed by atoms with van der Waals surface area (Å²) in [6.07, 6.45) is 4.07. The number of hydrogen-bond acceptors (Lipinski definition) is 5. The second-order valence-corrected chi connectivity index (χ2v) is 6.29. The number of hydrogen-bond donors (Lipinski definition) is 2. The number of unbranched alkanes of at least 4 members (excludes halogenated alkanes) is 3. The minimum Gasteiger partial charge on any atom is -0.494 e. The molecule has 7 heteroatoms. The molecule has 0 aromatic heterocycles. The van der Waals surface area contributed by atoms with E-state index in [-0.39, 0.29) is 24.2 Å². The van der Waals surface area contributed by atoms with Gasteiger partial charge in [-0.15, -0.1) is 12.4 Å². The number of amidine groups is 1. The molecule has 0 unspecified atom stereocenters. The summed E-state index contributed by atoms with van der Waals surface area (Å²) in [7, 11) is 0. The van der Waals surface area contributed by atoms with Crippen molar-refractivity contribution in [2.24, 2.45) is 5.73 Å². The average Bonchev–Trinajstić information content (AvgIpc) is 2.71. The van der Waals surface area contributed by atoms with E-state index in [2.05, 4.69) is 0 Å². The maximum atomic E-state index is 11.6. The van der Waals surface area contributed by atoms with Crippen molar-refractivity contribution in [1.82, 2.24) is 0 Å². The van der Waals surface area contributed by atoms with Crippen molar-refractivity contribution >= 4 is 24.2 Å². The summed E-state index contributed by atoms with van der Waals surface area (Å²) in [5, 5.41) is 7.36. The van der Waals surface area contributed by atoms with Gasteiger partial charge in [0.2, 0.25) is 0 Å². The zero-order valence-corrected chi connectivity index (χ0v) is 17.5. The largest absolute Gasteiger partial charge is 0.494 e. The van der Waals surface area contributed by atoms with Crippen LogP contribution in [0.4, 0.5) is 0 Å². The lowest BCUT2D eigenvalue weighted by Crippen LogP contribution is -2.10. The van der Waals surface area contributed by atoms with Crippen LogP contribution in [0.15, 0.2) is 48.5 Å². The van der Waals surface area contributed by atoms with E-state index in [1.807, 2.05) is 12.1 Å². The Morgan fingerprint density at radius 1 is 0.828 bits per heavy atom. The van der Waals surface area contributed by atoms with Gasteiger partial charge in [-0.2, -0.15) is 0 Å². The first-order chi connectivity index (χ1) is 13.6. The molecule has 0 bridgehead atoms. The molecule has 0 saturated heterocycles. The number of rotatable bonds is 12. The van der Waals surface area contributed by atoms with E-state index in [1.165, 1.54) is 0 Å². The Kier molecular flexibility index (Phi) is 11.3. The van der Waals surface area contributed by atoms with Crippen molar-refractivity contribution in [2.45, 2.75) is 32.6 Å². The fraction of sp³-hybridized carbons (Fsp3) is 0.364. The molecule has 6 nitrogen and oxygen atoms in total. The monoisotopic (exact) mass is 420 g/mol. The summed E-state index contributed by atoms with van der Waals surface area (Å²) in [4.78, 5) is 11.6. The highest BCUT2D eigenvalue weighted by Gasteiger charge is 2.05. The van der Waals surface area contributed by atoms with E-state index < -0.39 is 0 Å². The molecule has 0 fully saturated rings. The molecular weight excluding hydrogens is 392 g/mol. The van der Waals surface area contributed by atoms with Gasteiger partial charge in [-0.1, -0.05) is 0 Å². The molecule has 0 atom stereocenters. The van der Waals surface area contributed by atoms with Crippen molar-refractivity contribution in [1.29, 1.82) is 5.41 Å². The zero-order chi connectivity index (χ0) is 20.2. The molecule has 0 radical (unpaired) electrons. The third-order valence-electron chi connectivity index (χ3n) is 4.11. The lowest BCUT2D eigenvalue weighted by Gasteiger charge is -2.08. The van der Waals surface area contributed by atoms with Crippen molar-refractivity contribution in [3.8, 4) is 11.5 Å². The normalized spacial score (nSPS) is 9.97.